The molecule has 0 radical (unpaired) electrons. The molecule has 0 fully saturated rings. The number of benzene rings is 2. The van der Waals surface area contributed by atoms with Gasteiger partial charge in [0.1, 0.15) is 22.7 Å². The summed E-state index contributed by atoms with van der Waals surface area (Å²) in [5.41, 5.74) is 9.32. The fourth-order valence-corrected chi connectivity index (χ4v) is 3.06. The molecule has 1 atom stereocenters. The maximum Gasteiger partial charge on any atom is 0.257 e. The molecule has 3 N–H and O–H groups in total. The van der Waals surface area contributed by atoms with E-state index >= 15 is 0 Å². The van der Waals surface area contributed by atoms with E-state index in [1.54, 1.807) is 12.1 Å². The Balaban J connectivity index is 1.89. The summed E-state index contributed by atoms with van der Waals surface area (Å²) in [4.78, 5) is 22.2. The van der Waals surface area contributed by atoms with Crippen molar-refractivity contribution in [3.8, 4) is 0 Å². The molecule has 4 aromatic rings. The van der Waals surface area contributed by atoms with Crippen LogP contribution in [0.15, 0.2) is 53.6 Å². The zero-order valence-electron chi connectivity index (χ0n) is 16.6. The van der Waals surface area contributed by atoms with Crippen molar-refractivity contribution in [2.75, 3.05) is 5.73 Å². The van der Waals surface area contributed by atoms with Gasteiger partial charge in [-0.05, 0) is 43.2 Å². The molecule has 0 saturated carbocycles. The lowest BCUT2D eigenvalue weighted by atomic mass is 10.2. The molecule has 7 nitrogen and oxygen atoms in total. The number of nitrogen functional groups attached to an aromatic ring is 1. The van der Waals surface area contributed by atoms with Crippen molar-refractivity contribution >= 4 is 40.1 Å². The lowest BCUT2D eigenvalue weighted by Gasteiger charge is -2.11. The third-order valence-electron chi connectivity index (χ3n) is 4.88. The molecule has 8 heteroatoms. The number of amides is 1. The number of para-hydroxylation sites is 2. The highest BCUT2D eigenvalue weighted by molar-refractivity contribution is 6.10. The van der Waals surface area contributed by atoms with Gasteiger partial charge in [0.2, 0.25) is 0 Å². The first-order valence-electron chi connectivity index (χ1n) is 9.65. The Kier molecular flexibility index (Phi) is 5.14. The van der Waals surface area contributed by atoms with E-state index in [1.165, 1.54) is 23.0 Å². The van der Waals surface area contributed by atoms with E-state index < -0.39 is 0 Å². The number of nitrogens with one attached hydrogen (secondary N) is 1. The zero-order chi connectivity index (χ0) is 21.3. The van der Waals surface area contributed by atoms with Crippen LogP contribution in [0.25, 0.3) is 22.2 Å². The average Bonchev–Trinajstić information content (AvgIpc) is 3.01. The summed E-state index contributed by atoms with van der Waals surface area (Å²) in [6.45, 7) is 3.90. The average molecular weight is 404 g/mol. The van der Waals surface area contributed by atoms with E-state index in [4.69, 9.17) is 5.73 Å². The van der Waals surface area contributed by atoms with Gasteiger partial charge < -0.3 is 11.1 Å². The largest absolute Gasteiger partial charge is 0.383 e. The summed E-state index contributed by atoms with van der Waals surface area (Å²) in [5, 5.41) is 7.33. The number of fused-ring (bicyclic) bond motifs is 2. The molecule has 0 aliphatic carbocycles. The molecule has 2 heterocycles. The lowest BCUT2D eigenvalue weighted by Crippen LogP contribution is -2.32. The number of nitrogens with zero attached hydrogens (tertiary/aromatic N) is 4. The van der Waals surface area contributed by atoms with E-state index in [1.807, 2.05) is 38.1 Å². The van der Waals surface area contributed by atoms with Crippen LogP contribution in [0.3, 0.4) is 0 Å². The molecular weight excluding hydrogens is 383 g/mol. The SMILES string of the molecule is CCC(C)NC(=O)c1c(N)n(/N=C/c2ccc(F)cc2)c2nc3ccccc3nc12. The summed E-state index contributed by atoms with van der Waals surface area (Å²) < 4.78 is 14.6. The van der Waals surface area contributed by atoms with Gasteiger partial charge in [-0.3, -0.25) is 4.79 Å². The molecule has 2 aromatic heterocycles. The van der Waals surface area contributed by atoms with Crippen LogP contribution < -0.4 is 11.1 Å². The van der Waals surface area contributed by atoms with Gasteiger partial charge in [-0.1, -0.05) is 31.2 Å². The number of aromatic nitrogens is 3. The monoisotopic (exact) mass is 404 g/mol. The Labute approximate surface area is 172 Å². The minimum absolute atomic E-state index is 0.0218. The number of carbonyl (C=O) groups is 1. The Bertz CT molecular complexity index is 1260. The zero-order valence-corrected chi connectivity index (χ0v) is 16.6. The predicted octanol–water partition coefficient (Wildman–Crippen LogP) is 3.72. The first-order valence-corrected chi connectivity index (χ1v) is 9.65. The number of rotatable bonds is 5. The first-order chi connectivity index (χ1) is 14.5. The second-order valence-corrected chi connectivity index (χ2v) is 7.04. The number of hydrogen-bond donors (Lipinski definition) is 2. The van der Waals surface area contributed by atoms with Crippen LogP contribution in [-0.2, 0) is 0 Å². The van der Waals surface area contributed by atoms with Gasteiger partial charge in [0, 0.05) is 6.04 Å². The maximum atomic E-state index is 13.2. The quantitative estimate of drug-likeness (QED) is 0.495. The normalized spacial score (nSPS) is 12.6. The van der Waals surface area contributed by atoms with Gasteiger partial charge >= 0.3 is 0 Å². The third kappa shape index (κ3) is 3.59. The highest BCUT2D eigenvalue weighted by Crippen LogP contribution is 2.28. The summed E-state index contributed by atoms with van der Waals surface area (Å²) in [7, 11) is 0. The van der Waals surface area contributed by atoms with Crippen LogP contribution in [0.2, 0.25) is 0 Å². The van der Waals surface area contributed by atoms with E-state index in [9.17, 15) is 9.18 Å². The van der Waals surface area contributed by atoms with Crippen LogP contribution in [0, 0.1) is 5.82 Å². The molecule has 0 bridgehead atoms. The van der Waals surface area contributed by atoms with Crippen molar-refractivity contribution in [3.63, 3.8) is 0 Å². The van der Waals surface area contributed by atoms with E-state index in [2.05, 4.69) is 20.4 Å². The fourth-order valence-electron chi connectivity index (χ4n) is 3.06. The summed E-state index contributed by atoms with van der Waals surface area (Å²) in [6.07, 6.45) is 2.31. The van der Waals surface area contributed by atoms with Gasteiger partial charge in [0.05, 0.1) is 17.2 Å². The Hall–Kier alpha value is -3.81. The molecule has 0 aliphatic heterocycles. The third-order valence-corrected chi connectivity index (χ3v) is 4.88. The highest BCUT2D eigenvalue weighted by atomic mass is 19.1. The van der Waals surface area contributed by atoms with Gasteiger partial charge in [-0.25, -0.2) is 14.4 Å². The standard InChI is InChI=1S/C22H21FN6O/c1-3-13(2)26-22(30)18-19-21(28-17-7-5-4-6-16(17)27-19)29(20(18)24)25-12-14-8-10-15(23)11-9-14/h4-13H,3,24H2,1-2H3,(H,26,30)/b25-12+. The summed E-state index contributed by atoms with van der Waals surface area (Å²) in [6, 6.07) is 13.2. The minimum Gasteiger partial charge on any atom is -0.383 e. The number of halogens is 1. The maximum absolute atomic E-state index is 13.2. The number of anilines is 1. The molecular formula is C22H21FN6O. The first kappa shape index (κ1) is 19.5. The van der Waals surface area contributed by atoms with Crippen LogP contribution in [0.1, 0.15) is 36.2 Å². The summed E-state index contributed by atoms with van der Waals surface area (Å²) >= 11 is 0. The fraction of sp³-hybridized carbons (Fsp3) is 0.182. The van der Waals surface area contributed by atoms with Crippen molar-refractivity contribution in [3.05, 3.63) is 65.5 Å². The van der Waals surface area contributed by atoms with Crippen LogP contribution >= 0.6 is 0 Å². The van der Waals surface area contributed by atoms with Gasteiger partial charge in [-0.15, -0.1) is 0 Å². The van der Waals surface area contributed by atoms with E-state index in [0.717, 1.165) is 6.42 Å². The summed E-state index contributed by atoms with van der Waals surface area (Å²) in [5.74, 6) is -0.522. The lowest BCUT2D eigenvalue weighted by molar-refractivity contribution is 0.0941. The Morgan fingerprint density at radius 2 is 1.87 bits per heavy atom. The van der Waals surface area contributed by atoms with Crippen molar-refractivity contribution < 1.29 is 9.18 Å². The van der Waals surface area contributed by atoms with Gasteiger partial charge in [0.15, 0.2) is 5.65 Å². The van der Waals surface area contributed by atoms with Crippen LogP contribution in [0.5, 0.6) is 0 Å². The van der Waals surface area contributed by atoms with Crippen molar-refractivity contribution in [2.24, 2.45) is 5.10 Å². The Morgan fingerprint density at radius 1 is 1.20 bits per heavy atom. The van der Waals surface area contributed by atoms with Gasteiger partial charge in [0.25, 0.3) is 5.91 Å². The molecule has 4 rings (SSSR count). The van der Waals surface area contributed by atoms with Crippen molar-refractivity contribution in [1.82, 2.24) is 20.0 Å². The van der Waals surface area contributed by atoms with Crippen LogP contribution in [0.4, 0.5) is 10.2 Å². The van der Waals surface area contributed by atoms with Crippen molar-refractivity contribution in [1.29, 1.82) is 0 Å². The molecule has 30 heavy (non-hydrogen) atoms. The molecule has 2 aromatic carbocycles. The number of carbonyl (C=O) groups excluding carboxylic acids is 1. The second-order valence-electron chi connectivity index (χ2n) is 7.04. The molecule has 0 saturated heterocycles. The van der Waals surface area contributed by atoms with Crippen molar-refractivity contribution in [2.45, 2.75) is 26.3 Å². The smallest absolute Gasteiger partial charge is 0.257 e. The molecule has 1 amide bonds. The van der Waals surface area contributed by atoms with Gasteiger partial charge in [-0.2, -0.15) is 9.78 Å². The molecule has 0 spiro atoms. The second kappa shape index (κ2) is 7.90. The topological polar surface area (TPSA) is 98.2 Å². The predicted molar refractivity (Wildman–Crippen MR) is 116 cm³/mol. The molecule has 152 valence electrons. The molecule has 1 unspecified atom stereocenters. The number of hydrogen-bond acceptors (Lipinski definition) is 5. The highest BCUT2D eigenvalue weighted by Gasteiger charge is 2.24. The number of nitrogens with two attached hydrogens (primary N) is 1. The molecule has 0 aliphatic rings. The van der Waals surface area contributed by atoms with E-state index in [0.29, 0.717) is 27.8 Å². The minimum atomic E-state index is -0.334. The van der Waals surface area contributed by atoms with E-state index in [-0.39, 0.29) is 29.1 Å². The Morgan fingerprint density at radius 3 is 2.53 bits per heavy atom. The van der Waals surface area contributed by atoms with Crippen LogP contribution in [-0.4, -0.2) is 32.8 Å².